The smallest absolute Gasteiger partial charge is 0.266 e. The van der Waals surface area contributed by atoms with Gasteiger partial charge in [-0.1, -0.05) is 11.3 Å². The molecule has 0 spiro atoms. The zero-order valence-electron chi connectivity index (χ0n) is 14.4. The number of nitrogens with zero attached hydrogens (tertiary/aromatic N) is 7. The van der Waals surface area contributed by atoms with Gasteiger partial charge >= 0.3 is 0 Å². The van der Waals surface area contributed by atoms with Crippen molar-refractivity contribution in [3.05, 3.63) is 48.9 Å². The van der Waals surface area contributed by atoms with E-state index >= 15 is 0 Å². The highest BCUT2D eigenvalue weighted by molar-refractivity contribution is 7.93. The van der Waals surface area contributed by atoms with Crippen LogP contribution in [0.25, 0.3) is 32.7 Å². The van der Waals surface area contributed by atoms with Gasteiger partial charge in [0.25, 0.3) is 10.0 Å². The van der Waals surface area contributed by atoms with E-state index in [-0.39, 0.29) is 10.6 Å². The Morgan fingerprint density at radius 2 is 1.82 bits per heavy atom. The number of rotatable bonds is 2. The van der Waals surface area contributed by atoms with Crippen molar-refractivity contribution in [3.8, 4) is 32.7 Å². The van der Waals surface area contributed by atoms with Crippen molar-refractivity contribution in [2.45, 2.75) is 4.90 Å². The van der Waals surface area contributed by atoms with Gasteiger partial charge in [0.05, 0.1) is 11.9 Å². The van der Waals surface area contributed by atoms with E-state index < -0.39 is 10.0 Å². The molecule has 1 aliphatic rings. The standard InChI is InChI=1S/C17H11N7O2S2/c1-24-12-6-8-19-21-14(12)15-13(28(24,25)26)5-4-11(20-15)17-23-22-16(27-17)10-3-2-7-18-9-10/h2-9H,1H3. The summed E-state index contributed by atoms with van der Waals surface area (Å²) >= 11 is 1.35. The van der Waals surface area contributed by atoms with Gasteiger partial charge in [0.1, 0.15) is 27.0 Å². The Morgan fingerprint density at radius 3 is 2.64 bits per heavy atom. The minimum Gasteiger partial charge on any atom is -0.267 e. The van der Waals surface area contributed by atoms with E-state index in [0.717, 1.165) is 5.56 Å². The van der Waals surface area contributed by atoms with Crippen molar-refractivity contribution in [1.29, 1.82) is 0 Å². The molecule has 0 aliphatic carbocycles. The van der Waals surface area contributed by atoms with Crippen LogP contribution in [0.5, 0.6) is 0 Å². The van der Waals surface area contributed by atoms with E-state index in [0.29, 0.717) is 27.1 Å². The van der Waals surface area contributed by atoms with Crippen LogP contribution in [0.1, 0.15) is 0 Å². The number of fused-ring (bicyclic) bond motifs is 3. The second kappa shape index (κ2) is 6.11. The molecule has 0 radical (unpaired) electrons. The van der Waals surface area contributed by atoms with Crippen molar-refractivity contribution in [2.75, 3.05) is 11.4 Å². The Kier molecular flexibility index (Phi) is 3.67. The fraction of sp³-hybridized carbons (Fsp3) is 0.0588. The minimum absolute atomic E-state index is 0.0868. The molecule has 0 unspecified atom stereocenters. The van der Waals surface area contributed by atoms with Crippen LogP contribution >= 0.6 is 11.3 Å². The van der Waals surface area contributed by atoms with E-state index in [4.69, 9.17) is 0 Å². The second-order valence-electron chi connectivity index (χ2n) is 5.93. The molecule has 4 aromatic rings. The van der Waals surface area contributed by atoms with Gasteiger partial charge in [0.15, 0.2) is 5.01 Å². The van der Waals surface area contributed by atoms with Gasteiger partial charge in [-0.2, -0.15) is 5.10 Å². The summed E-state index contributed by atoms with van der Waals surface area (Å²) in [6.45, 7) is 0. The lowest BCUT2D eigenvalue weighted by Gasteiger charge is -2.26. The number of aromatic nitrogens is 6. The predicted molar refractivity (Wildman–Crippen MR) is 103 cm³/mol. The number of hydrogen-bond acceptors (Lipinski definition) is 9. The molecule has 5 rings (SSSR count). The molecular formula is C17H11N7O2S2. The number of hydrogen-bond donors (Lipinski definition) is 0. The Bertz CT molecular complexity index is 1310. The molecule has 1 aliphatic heterocycles. The highest BCUT2D eigenvalue weighted by Crippen LogP contribution is 2.40. The van der Waals surface area contributed by atoms with E-state index in [9.17, 15) is 8.42 Å². The molecule has 28 heavy (non-hydrogen) atoms. The maximum atomic E-state index is 12.8. The zero-order valence-corrected chi connectivity index (χ0v) is 16.0. The highest BCUT2D eigenvalue weighted by Gasteiger charge is 2.35. The quantitative estimate of drug-likeness (QED) is 0.495. The van der Waals surface area contributed by atoms with Crippen LogP contribution in [0.4, 0.5) is 5.69 Å². The first-order valence-electron chi connectivity index (χ1n) is 8.12. The fourth-order valence-corrected chi connectivity index (χ4v) is 5.03. The Morgan fingerprint density at radius 1 is 0.964 bits per heavy atom. The maximum Gasteiger partial charge on any atom is 0.266 e. The van der Waals surface area contributed by atoms with Gasteiger partial charge in [-0.15, -0.1) is 15.3 Å². The summed E-state index contributed by atoms with van der Waals surface area (Å²) in [5.74, 6) is 0. The molecule has 9 nitrogen and oxygen atoms in total. The summed E-state index contributed by atoms with van der Waals surface area (Å²) in [5, 5.41) is 17.7. The van der Waals surface area contributed by atoms with Crippen molar-refractivity contribution in [2.24, 2.45) is 0 Å². The molecule has 0 atom stereocenters. The summed E-state index contributed by atoms with van der Waals surface area (Å²) < 4.78 is 26.8. The molecule has 4 aromatic heterocycles. The van der Waals surface area contributed by atoms with Crippen LogP contribution in [0.15, 0.2) is 53.8 Å². The van der Waals surface area contributed by atoms with Crippen LogP contribution in [-0.2, 0) is 10.0 Å². The molecule has 0 N–H and O–H groups in total. The molecule has 138 valence electrons. The number of sulfonamides is 1. The molecule has 0 fully saturated rings. The van der Waals surface area contributed by atoms with Crippen molar-refractivity contribution < 1.29 is 8.42 Å². The third-order valence-corrected chi connectivity index (χ3v) is 7.11. The lowest BCUT2D eigenvalue weighted by Crippen LogP contribution is -2.31. The summed E-state index contributed by atoms with van der Waals surface area (Å²) in [6.07, 6.45) is 4.84. The molecular weight excluding hydrogens is 398 g/mol. The Balaban J connectivity index is 1.66. The molecule has 0 saturated carbocycles. The third kappa shape index (κ3) is 2.47. The first-order chi connectivity index (χ1) is 13.6. The molecule has 0 bridgehead atoms. The summed E-state index contributed by atoms with van der Waals surface area (Å²) in [7, 11) is -2.22. The zero-order chi connectivity index (χ0) is 19.3. The van der Waals surface area contributed by atoms with Crippen molar-refractivity contribution >= 4 is 27.0 Å². The average Bonchev–Trinajstić information content (AvgIpc) is 3.23. The van der Waals surface area contributed by atoms with Gasteiger partial charge in [-0.25, -0.2) is 13.4 Å². The van der Waals surface area contributed by atoms with Gasteiger partial charge in [-0.05, 0) is 30.3 Å². The summed E-state index contributed by atoms with van der Waals surface area (Å²) in [6, 6.07) is 8.46. The molecule has 0 amide bonds. The highest BCUT2D eigenvalue weighted by atomic mass is 32.2. The molecule has 0 aromatic carbocycles. The Labute approximate surface area is 163 Å². The topological polar surface area (TPSA) is 115 Å². The lowest BCUT2D eigenvalue weighted by molar-refractivity contribution is 0.593. The van der Waals surface area contributed by atoms with Gasteiger partial charge in [0.2, 0.25) is 0 Å². The minimum atomic E-state index is -3.71. The predicted octanol–water partition coefficient (Wildman–Crippen LogP) is 2.26. The summed E-state index contributed by atoms with van der Waals surface area (Å²) in [4.78, 5) is 8.72. The van der Waals surface area contributed by atoms with Gasteiger partial charge < -0.3 is 0 Å². The van der Waals surface area contributed by atoms with Crippen molar-refractivity contribution in [1.82, 2.24) is 30.4 Å². The molecule has 5 heterocycles. The van der Waals surface area contributed by atoms with Crippen LogP contribution in [0.2, 0.25) is 0 Å². The summed E-state index contributed by atoms with van der Waals surface area (Å²) in [5.41, 5.74) is 2.47. The molecule has 0 saturated heterocycles. The first kappa shape index (κ1) is 16.8. The van der Waals surface area contributed by atoms with Crippen LogP contribution < -0.4 is 4.31 Å². The van der Waals surface area contributed by atoms with Crippen LogP contribution in [0, 0.1) is 0 Å². The Hall–Kier alpha value is -3.31. The van der Waals surface area contributed by atoms with E-state index in [1.165, 1.54) is 35.0 Å². The van der Waals surface area contributed by atoms with Gasteiger partial charge in [-0.3, -0.25) is 9.29 Å². The number of anilines is 1. The lowest BCUT2D eigenvalue weighted by atomic mass is 10.2. The largest absolute Gasteiger partial charge is 0.267 e. The van der Waals surface area contributed by atoms with Crippen LogP contribution in [0.3, 0.4) is 0 Å². The fourth-order valence-electron chi connectivity index (χ4n) is 2.90. The normalized spacial score (nSPS) is 14.4. The van der Waals surface area contributed by atoms with E-state index in [1.54, 1.807) is 24.5 Å². The third-order valence-electron chi connectivity index (χ3n) is 4.31. The average molecular weight is 409 g/mol. The molecule has 11 heteroatoms. The van der Waals surface area contributed by atoms with Crippen LogP contribution in [-0.4, -0.2) is 45.8 Å². The van der Waals surface area contributed by atoms with E-state index in [2.05, 4.69) is 30.4 Å². The second-order valence-corrected chi connectivity index (χ2v) is 8.85. The van der Waals surface area contributed by atoms with Crippen molar-refractivity contribution in [3.63, 3.8) is 0 Å². The monoisotopic (exact) mass is 409 g/mol. The maximum absolute atomic E-state index is 12.8. The SMILES string of the molecule is CN1c2ccnnc2-c2nc(-c3nnc(-c4cccnc4)s3)ccc2S1(=O)=O. The van der Waals surface area contributed by atoms with E-state index in [1.807, 2.05) is 12.1 Å². The van der Waals surface area contributed by atoms with Gasteiger partial charge in [0, 0.05) is 25.0 Å². The first-order valence-corrected chi connectivity index (χ1v) is 10.4. The number of pyridine rings is 2.